The predicted octanol–water partition coefficient (Wildman–Crippen LogP) is 1.42. The van der Waals surface area contributed by atoms with Gasteiger partial charge in [0.25, 0.3) is 0 Å². The van der Waals surface area contributed by atoms with Gasteiger partial charge in [-0.05, 0) is 25.7 Å². The number of anilines is 2. The third-order valence-electron chi connectivity index (χ3n) is 2.86. The van der Waals surface area contributed by atoms with Gasteiger partial charge < -0.3 is 20.7 Å². The van der Waals surface area contributed by atoms with Crippen molar-refractivity contribution in [2.75, 3.05) is 44.8 Å². The lowest BCUT2D eigenvalue weighted by Gasteiger charge is -2.16. The van der Waals surface area contributed by atoms with E-state index in [0.29, 0.717) is 11.3 Å². The third kappa shape index (κ3) is 3.63. The first-order chi connectivity index (χ1) is 8.60. The number of likely N-dealkylation sites (N-methyl/N-ethyl adjacent to an activating group) is 1. The molecule has 5 heteroatoms. The second-order valence-corrected chi connectivity index (χ2v) is 4.08. The molecule has 1 aromatic carbocycles. The van der Waals surface area contributed by atoms with Crippen molar-refractivity contribution in [3.05, 3.63) is 23.8 Å². The summed E-state index contributed by atoms with van der Waals surface area (Å²) in [5.41, 5.74) is 7.53. The highest BCUT2D eigenvalue weighted by Gasteiger charge is 2.12. The standard InChI is InChI=1S/C13H21N3O2/c1-4-16(2)9-8-15-11-7-5-6-10(12(11)14)13(17)18-3/h5-7,15H,4,8-9,14H2,1-3H3. The van der Waals surface area contributed by atoms with Crippen LogP contribution in [0.5, 0.6) is 0 Å². The topological polar surface area (TPSA) is 67.6 Å². The van der Waals surface area contributed by atoms with E-state index >= 15 is 0 Å². The number of nitrogen functional groups attached to an aromatic ring is 1. The van der Waals surface area contributed by atoms with E-state index < -0.39 is 5.97 Å². The highest BCUT2D eigenvalue weighted by Crippen LogP contribution is 2.23. The number of ether oxygens (including phenoxy) is 1. The van der Waals surface area contributed by atoms with Crippen LogP contribution in [0, 0.1) is 0 Å². The second kappa shape index (κ2) is 6.86. The van der Waals surface area contributed by atoms with E-state index in [0.717, 1.165) is 25.3 Å². The van der Waals surface area contributed by atoms with Crippen LogP contribution in [0.2, 0.25) is 0 Å². The van der Waals surface area contributed by atoms with Crippen LogP contribution >= 0.6 is 0 Å². The number of hydrogen-bond donors (Lipinski definition) is 2. The van der Waals surface area contributed by atoms with Crippen molar-refractivity contribution in [1.29, 1.82) is 0 Å². The van der Waals surface area contributed by atoms with Crippen molar-refractivity contribution in [2.45, 2.75) is 6.92 Å². The molecule has 3 N–H and O–H groups in total. The summed E-state index contributed by atoms with van der Waals surface area (Å²) in [5.74, 6) is -0.415. The molecule has 0 aromatic heterocycles. The third-order valence-corrected chi connectivity index (χ3v) is 2.86. The number of nitrogens with zero attached hydrogens (tertiary/aromatic N) is 1. The predicted molar refractivity (Wildman–Crippen MR) is 73.9 cm³/mol. The maximum atomic E-state index is 11.5. The number of methoxy groups -OCH3 is 1. The summed E-state index contributed by atoms with van der Waals surface area (Å²) in [6, 6.07) is 5.30. The first-order valence-electron chi connectivity index (χ1n) is 5.99. The summed E-state index contributed by atoms with van der Waals surface area (Å²) in [6.45, 7) is 4.79. The molecular weight excluding hydrogens is 230 g/mol. The number of rotatable bonds is 6. The molecule has 5 nitrogen and oxygen atoms in total. The van der Waals surface area contributed by atoms with Gasteiger partial charge in [-0.25, -0.2) is 4.79 Å². The fourth-order valence-electron chi connectivity index (χ4n) is 1.55. The Morgan fingerprint density at radius 3 is 2.83 bits per heavy atom. The Balaban J connectivity index is 2.69. The largest absolute Gasteiger partial charge is 0.465 e. The Morgan fingerprint density at radius 2 is 2.22 bits per heavy atom. The summed E-state index contributed by atoms with van der Waals surface area (Å²) in [4.78, 5) is 13.7. The zero-order valence-corrected chi connectivity index (χ0v) is 11.2. The number of benzene rings is 1. The minimum Gasteiger partial charge on any atom is -0.465 e. The van der Waals surface area contributed by atoms with E-state index in [9.17, 15) is 4.79 Å². The lowest BCUT2D eigenvalue weighted by atomic mass is 10.1. The molecule has 1 rings (SSSR count). The van der Waals surface area contributed by atoms with Gasteiger partial charge in [-0.2, -0.15) is 0 Å². The molecule has 0 saturated heterocycles. The van der Waals surface area contributed by atoms with Crippen molar-refractivity contribution in [3.8, 4) is 0 Å². The van der Waals surface area contributed by atoms with Crippen LogP contribution in [0.15, 0.2) is 18.2 Å². The Labute approximate surface area is 108 Å². The number of esters is 1. The molecule has 100 valence electrons. The van der Waals surface area contributed by atoms with Gasteiger partial charge in [-0.1, -0.05) is 13.0 Å². The molecule has 18 heavy (non-hydrogen) atoms. The number of carbonyl (C=O) groups is 1. The molecule has 0 unspecified atom stereocenters. The van der Waals surface area contributed by atoms with Crippen LogP contribution in [0.25, 0.3) is 0 Å². The molecule has 1 aromatic rings. The average Bonchev–Trinajstić information content (AvgIpc) is 2.39. The summed E-state index contributed by atoms with van der Waals surface area (Å²) < 4.78 is 4.68. The fourth-order valence-corrected chi connectivity index (χ4v) is 1.55. The maximum Gasteiger partial charge on any atom is 0.340 e. The minimum absolute atomic E-state index is 0.395. The smallest absolute Gasteiger partial charge is 0.340 e. The molecule has 0 heterocycles. The Bertz CT molecular complexity index is 407. The normalized spacial score (nSPS) is 10.4. The van der Waals surface area contributed by atoms with Gasteiger partial charge in [0.05, 0.1) is 24.0 Å². The van der Waals surface area contributed by atoms with E-state index in [1.54, 1.807) is 12.1 Å². The number of nitrogens with one attached hydrogen (secondary N) is 1. The Hall–Kier alpha value is -1.75. The summed E-state index contributed by atoms with van der Waals surface area (Å²) in [7, 11) is 3.40. The quantitative estimate of drug-likeness (QED) is 0.591. The van der Waals surface area contributed by atoms with Gasteiger partial charge in [0.15, 0.2) is 0 Å². The SMILES string of the molecule is CCN(C)CCNc1cccc(C(=O)OC)c1N. The monoisotopic (exact) mass is 251 g/mol. The molecule has 0 amide bonds. The molecule has 0 saturated carbocycles. The summed E-state index contributed by atoms with van der Waals surface area (Å²) in [6.07, 6.45) is 0. The van der Waals surface area contributed by atoms with Crippen LogP contribution in [-0.2, 0) is 4.74 Å². The molecule has 0 spiro atoms. The molecule has 0 bridgehead atoms. The number of carbonyl (C=O) groups excluding carboxylic acids is 1. The lowest BCUT2D eigenvalue weighted by molar-refractivity contribution is 0.0602. The molecule has 0 atom stereocenters. The maximum absolute atomic E-state index is 11.5. The lowest BCUT2D eigenvalue weighted by Crippen LogP contribution is -2.25. The van der Waals surface area contributed by atoms with Crippen LogP contribution in [-0.4, -0.2) is 44.7 Å². The summed E-state index contributed by atoms with van der Waals surface area (Å²) in [5, 5.41) is 3.22. The van der Waals surface area contributed by atoms with Crippen molar-refractivity contribution in [1.82, 2.24) is 4.90 Å². The first-order valence-corrected chi connectivity index (χ1v) is 5.99. The van der Waals surface area contributed by atoms with E-state index in [1.807, 2.05) is 6.07 Å². The zero-order valence-electron chi connectivity index (χ0n) is 11.2. The van der Waals surface area contributed by atoms with Crippen LogP contribution in [0.4, 0.5) is 11.4 Å². The second-order valence-electron chi connectivity index (χ2n) is 4.08. The van der Waals surface area contributed by atoms with Crippen molar-refractivity contribution >= 4 is 17.3 Å². The van der Waals surface area contributed by atoms with E-state index in [4.69, 9.17) is 5.73 Å². The fraction of sp³-hybridized carbons (Fsp3) is 0.462. The van der Waals surface area contributed by atoms with Gasteiger partial charge in [-0.3, -0.25) is 0 Å². The van der Waals surface area contributed by atoms with Crippen LogP contribution in [0.3, 0.4) is 0 Å². The van der Waals surface area contributed by atoms with Crippen molar-refractivity contribution in [2.24, 2.45) is 0 Å². The molecular formula is C13H21N3O2. The highest BCUT2D eigenvalue weighted by atomic mass is 16.5. The number of para-hydroxylation sites is 1. The van der Waals surface area contributed by atoms with Crippen LogP contribution in [0.1, 0.15) is 17.3 Å². The van der Waals surface area contributed by atoms with Gasteiger partial charge >= 0.3 is 5.97 Å². The van der Waals surface area contributed by atoms with Gasteiger partial charge in [0.1, 0.15) is 0 Å². The van der Waals surface area contributed by atoms with Crippen molar-refractivity contribution < 1.29 is 9.53 Å². The Morgan fingerprint density at radius 1 is 1.50 bits per heavy atom. The van der Waals surface area contributed by atoms with Gasteiger partial charge in [0, 0.05) is 13.1 Å². The molecule has 0 aliphatic carbocycles. The van der Waals surface area contributed by atoms with Crippen LogP contribution < -0.4 is 11.1 Å². The highest BCUT2D eigenvalue weighted by molar-refractivity contribution is 5.98. The molecule has 0 radical (unpaired) electrons. The molecule has 0 aliphatic heterocycles. The summed E-state index contributed by atoms with van der Waals surface area (Å²) >= 11 is 0. The molecule has 0 aliphatic rings. The van der Waals surface area contributed by atoms with Gasteiger partial charge in [0.2, 0.25) is 0 Å². The number of hydrogen-bond acceptors (Lipinski definition) is 5. The van der Waals surface area contributed by atoms with Gasteiger partial charge in [-0.15, -0.1) is 0 Å². The first kappa shape index (κ1) is 14.3. The zero-order chi connectivity index (χ0) is 13.5. The van der Waals surface area contributed by atoms with Crippen molar-refractivity contribution in [3.63, 3.8) is 0 Å². The average molecular weight is 251 g/mol. The minimum atomic E-state index is -0.415. The van der Waals surface area contributed by atoms with E-state index in [2.05, 4.69) is 28.9 Å². The molecule has 0 fully saturated rings. The number of nitrogens with two attached hydrogens (primary N) is 1. The van der Waals surface area contributed by atoms with E-state index in [1.165, 1.54) is 7.11 Å². The Kier molecular flexibility index (Phi) is 5.45. The van der Waals surface area contributed by atoms with E-state index in [-0.39, 0.29) is 0 Å².